The number of ether oxygens (including phenoxy) is 3. The van der Waals surface area contributed by atoms with E-state index >= 15 is 0 Å². The van der Waals surface area contributed by atoms with Gasteiger partial charge < -0.3 is 29.7 Å². The molecule has 0 unspecified atom stereocenters. The highest BCUT2D eigenvalue weighted by Gasteiger charge is 2.40. The number of hydrogen-bond donors (Lipinski definition) is 3. The smallest absolute Gasteiger partial charge is 0.414 e. The van der Waals surface area contributed by atoms with Crippen LogP contribution < -0.4 is 25.6 Å². The van der Waals surface area contributed by atoms with Crippen LogP contribution in [0.4, 0.5) is 4.79 Å². The number of thiocarbonyl (C=S) groups is 1. The maximum Gasteiger partial charge on any atom is 0.414 e. The average Bonchev–Trinajstić information content (AvgIpc) is 3.29. The minimum Gasteiger partial charge on any atom is -0.493 e. The highest BCUT2D eigenvalue weighted by molar-refractivity contribution is 7.80. The predicted octanol–water partition coefficient (Wildman–Crippen LogP) is 3.26. The van der Waals surface area contributed by atoms with Crippen molar-refractivity contribution in [2.45, 2.75) is 31.4 Å². The van der Waals surface area contributed by atoms with E-state index in [-0.39, 0.29) is 12.4 Å². The summed E-state index contributed by atoms with van der Waals surface area (Å²) in [5, 5.41) is 6.83. The van der Waals surface area contributed by atoms with Crippen molar-refractivity contribution in [3.05, 3.63) is 71.6 Å². The molecule has 0 bridgehead atoms. The monoisotopic (exact) mass is 512 g/mol. The third-order valence-electron chi connectivity index (χ3n) is 6.27. The Hall–Kier alpha value is -3.50. The molecule has 4 rings (SSSR count). The van der Waals surface area contributed by atoms with Gasteiger partial charge in [0.05, 0.1) is 14.2 Å². The Balaban J connectivity index is 1.20. The van der Waals surface area contributed by atoms with E-state index in [1.165, 1.54) is 5.56 Å². The zero-order chi connectivity index (χ0) is 25.4. The molecule has 2 aromatic carbocycles. The molecule has 2 heterocycles. The molecular formula is C26H32N4O5S. The second kappa shape index (κ2) is 12.0. The zero-order valence-corrected chi connectivity index (χ0v) is 21.4. The quantitative estimate of drug-likeness (QED) is 0.461. The van der Waals surface area contributed by atoms with Crippen LogP contribution in [0, 0.1) is 0 Å². The Morgan fingerprint density at radius 3 is 2.53 bits per heavy atom. The maximum atomic E-state index is 12.3. The Morgan fingerprint density at radius 2 is 1.81 bits per heavy atom. The first-order valence-electron chi connectivity index (χ1n) is 11.9. The molecular weight excluding hydrogens is 480 g/mol. The molecule has 192 valence electrons. The number of hydroxylamine groups is 1. The predicted molar refractivity (Wildman–Crippen MR) is 139 cm³/mol. The van der Waals surface area contributed by atoms with Gasteiger partial charge in [-0.3, -0.25) is 4.84 Å². The van der Waals surface area contributed by atoms with Crippen molar-refractivity contribution in [1.29, 1.82) is 0 Å². The van der Waals surface area contributed by atoms with Gasteiger partial charge >= 0.3 is 6.09 Å². The molecule has 0 radical (unpaired) electrons. The van der Waals surface area contributed by atoms with Crippen molar-refractivity contribution in [2.24, 2.45) is 0 Å². The van der Waals surface area contributed by atoms with Crippen LogP contribution in [0.5, 0.6) is 11.5 Å². The van der Waals surface area contributed by atoms with E-state index in [9.17, 15) is 4.79 Å². The van der Waals surface area contributed by atoms with E-state index in [0.717, 1.165) is 49.6 Å². The Labute approximate surface area is 216 Å². The first-order valence-corrected chi connectivity index (χ1v) is 12.3. The van der Waals surface area contributed by atoms with Crippen molar-refractivity contribution in [2.75, 3.05) is 33.9 Å². The number of methoxy groups -OCH3 is 2. The molecule has 1 fully saturated rings. The second-order valence-corrected chi connectivity index (χ2v) is 9.05. The number of benzene rings is 2. The number of hydrogen-bond acceptors (Lipinski definition) is 7. The van der Waals surface area contributed by atoms with Crippen LogP contribution in [0.1, 0.15) is 24.0 Å². The fraction of sp³-hybridized carbons (Fsp3) is 0.385. The molecule has 2 aromatic rings. The normalized spacial score (nSPS) is 16.1. The zero-order valence-electron chi connectivity index (χ0n) is 20.5. The number of alkyl carbamates (subject to hydrolysis) is 1. The Bertz CT molecular complexity index is 1090. The molecule has 1 saturated heterocycles. The molecule has 1 amide bonds. The molecule has 0 atom stereocenters. The molecule has 2 aliphatic rings. The summed E-state index contributed by atoms with van der Waals surface area (Å²) in [6.07, 6.45) is 3.63. The molecule has 0 saturated carbocycles. The summed E-state index contributed by atoms with van der Waals surface area (Å²) in [5.74, 6) is 1.51. The number of carbonyl (C=O) groups is 1. The molecule has 10 heteroatoms. The summed E-state index contributed by atoms with van der Waals surface area (Å²) in [7, 11) is 3.14. The fourth-order valence-corrected chi connectivity index (χ4v) is 4.49. The van der Waals surface area contributed by atoms with Crippen LogP contribution in [-0.4, -0.2) is 55.6 Å². The number of amides is 1. The van der Waals surface area contributed by atoms with E-state index in [4.69, 9.17) is 31.3 Å². The van der Waals surface area contributed by atoms with Gasteiger partial charge in [0.1, 0.15) is 5.60 Å². The van der Waals surface area contributed by atoms with E-state index in [2.05, 4.69) is 33.1 Å². The highest BCUT2D eigenvalue weighted by atomic mass is 32.1. The summed E-state index contributed by atoms with van der Waals surface area (Å²) in [6.45, 7) is 2.56. The first-order chi connectivity index (χ1) is 17.5. The lowest BCUT2D eigenvalue weighted by Gasteiger charge is -2.37. The van der Waals surface area contributed by atoms with Gasteiger partial charge in [0.25, 0.3) is 0 Å². The SMILES string of the molecule is COc1ccc(CNC(=O)OC2=CC3(CCN(C(=S)NCCc4ccccc4)CC3)ON2)cc1OC. The molecule has 2 aliphatic heterocycles. The number of nitrogens with one attached hydrogen (secondary N) is 3. The average molecular weight is 513 g/mol. The summed E-state index contributed by atoms with van der Waals surface area (Å²) < 4.78 is 15.9. The number of piperidine rings is 1. The van der Waals surface area contributed by atoms with Crippen molar-refractivity contribution < 1.29 is 23.8 Å². The van der Waals surface area contributed by atoms with Crippen LogP contribution in [0.2, 0.25) is 0 Å². The van der Waals surface area contributed by atoms with Crippen molar-refractivity contribution in [3.8, 4) is 11.5 Å². The number of likely N-dealkylation sites (tertiary alicyclic amines) is 1. The first kappa shape index (κ1) is 25.6. The van der Waals surface area contributed by atoms with Gasteiger partial charge in [-0.25, -0.2) is 10.3 Å². The lowest BCUT2D eigenvalue weighted by molar-refractivity contribution is -0.0742. The molecule has 36 heavy (non-hydrogen) atoms. The second-order valence-electron chi connectivity index (χ2n) is 8.66. The van der Waals surface area contributed by atoms with Gasteiger partial charge in [0.2, 0.25) is 5.88 Å². The third-order valence-corrected chi connectivity index (χ3v) is 6.67. The standard InChI is InChI=1S/C26H32N4O5S/c1-32-21-9-8-20(16-22(21)33-2)18-28-25(31)34-23-17-26(35-29-23)11-14-30(15-12-26)24(36)27-13-10-19-6-4-3-5-7-19/h3-9,16-17,29H,10-15,18H2,1-2H3,(H,27,36)(H,28,31). The summed E-state index contributed by atoms with van der Waals surface area (Å²) in [5.41, 5.74) is 4.36. The van der Waals surface area contributed by atoms with E-state index in [1.54, 1.807) is 26.4 Å². The third kappa shape index (κ3) is 6.58. The van der Waals surface area contributed by atoms with Gasteiger partial charge in [-0.2, -0.15) is 0 Å². The van der Waals surface area contributed by atoms with Gasteiger partial charge in [-0.1, -0.05) is 36.4 Å². The Morgan fingerprint density at radius 1 is 1.06 bits per heavy atom. The fourth-order valence-electron chi connectivity index (χ4n) is 4.21. The van der Waals surface area contributed by atoms with Crippen LogP contribution in [-0.2, 0) is 22.5 Å². The minimum absolute atomic E-state index is 0.280. The number of rotatable bonds is 8. The van der Waals surface area contributed by atoms with Crippen molar-refractivity contribution in [1.82, 2.24) is 21.0 Å². The van der Waals surface area contributed by atoms with E-state index < -0.39 is 11.7 Å². The van der Waals surface area contributed by atoms with Gasteiger partial charge in [-0.05, 0) is 41.9 Å². The maximum absolute atomic E-state index is 12.3. The van der Waals surface area contributed by atoms with Crippen molar-refractivity contribution >= 4 is 23.4 Å². The Kier molecular flexibility index (Phi) is 8.50. The van der Waals surface area contributed by atoms with E-state index in [1.807, 2.05) is 30.3 Å². The largest absolute Gasteiger partial charge is 0.493 e. The van der Waals surface area contributed by atoms with Gasteiger partial charge in [0.15, 0.2) is 16.6 Å². The summed E-state index contributed by atoms with van der Waals surface area (Å²) in [4.78, 5) is 20.3. The van der Waals surface area contributed by atoms with Crippen LogP contribution in [0.15, 0.2) is 60.5 Å². The molecule has 0 aliphatic carbocycles. The lowest BCUT2D eigenvalue weighted by atomic mass is 9.92. The molecule has 9 nitrogen and oxygen atoms in total. The van der Waals surface area contributed by atoms with Crippen LogP contribution in [0.25, 0.3) is 0 Å². The minimum atomic E-state index is -0.578. The highest BCUT2D eigenvalue weighted by Crippen LogP contribution is 2.32. The summed E-state index contributed by atoms with van der Waals surface area (Å²) in [6, 6.07) is 15.8. The van der Waals surface area contributed by atoms with Crippen LogP contribution >= 0.6 is 12.2 Å². The molecule has 1 spiro atoms. The number of nitrogens with zero attached hydrogens (tertiary/aromatic N) is 1. The summed E-state index contributed by atoms with van der Waals surface area (Å²) >= 11 is 5.58. The van der Waals surface area contributed by atoms with Crippen molar-refractivity contribution in [3.63, 3.8) is 0 Å². The molecule has 3 N–H and O–H groups in total. The van der Waals surface area contributed by atoms with Crippen LogP contribution in [0.3, 0.4) is 0 Å². The van der Waals surface area contributed by atoms with Gasteiger partial charge in [-0.15, -0.1) is 0 Å². The number of carbonyl (C=O) groups excluding carboxylic acids is 1. The molecule has 0 aromatic heterocycles. The van der Waals surface area contributed by atoms with E-state index in [0.29, 0.717) is 11.5 Å². The topological polar surface area (TPSA) is 93.3 Å². The van der Waals surface area contributed by atoms with Gasteiger partial charge in [0, 0.05) is 45.1 Å². The lowest BCUT2D eigenvalue weighted by Crippen LogP contribution is -2.50.